The van der Waals surface area contributed by atoms with Gasteiger partial charge in [-0.3, -0.25) is 4.68 Å². The highest BCUT2D eigenvalue weighted by Crippen LogP contribution is 2.30. The summed E-state index contributed by atoms with van der Waals surface area (Å²) < 4.78 is 24.6. The molecule has 7 nitrogen and oxygen atoms in total. The summed E-state index contributed by atoms with van der Waals surface area (Å²) in [5.74, 6) is 0. The molecule has 1 unspecified atom stereocenters. The topological polar surface area (TPSA) is 94.1 Å². The van der Waals surface area contributed by atoms with E-state index in [0.29, 0.717) is 11.2 Å². The number of rotatable bonds is 3. The third kappa shape index (κ3) is 2.69. The first-order valence-electron chi connectivity index (χ1n) is 6.27. The molecule has 2 aromatic rings. The minimum Gasteiger partial charge on any atom is -0.346 e. The molecule has 1 aliphatic rings. The van der Waals surface area contributed by atoms with E-state index in [4.69, 9.17) is 5.14 Å². The number of thiazole rings is 1. The van der Waals surface area contributed by atoms with Gasteiger partial charge in [-0.25, -0.2) is 18.5 Å². The van der Waals surface area contributed by atoms with Crippen LogP contribution in [0.15, 0.2) is 28.9 Å². The van der Waals surface area contributed by atoms with Gasteiger partial charge in [-0.15, -0.1) is 0 Å². The van der Waals surface area contributed by atoms with Crippen molar-refractivity contribution in [1.29, 1.82) is 0 Å². The molecule has 2 aromatic heterocycles. The number of anilines is 1. The Morgan fingerprint density at radius 1 is 1.45 bits per heavy atom. The fourth-order valence-corrected chi connectivity index (χ4v) is 3.94. The van der Waals surface area contributed by atoms with E-state index in [1.54, 1.807) is 6.20 Å². The Labute approximate surface area is 121 Å². The van der Waals surface area contributed by atoms with Crippen molar-refractivity contribution >= 4 is 26.5 Å². The molecule has 1 atom stereocenters. The molecule has 0 spiro atoms. The third-order valence-corrected chi connectivity index (χ3v) is 5.78. The second-order valence-corrected chi connectivity index (χ2v) is 7.53. The first kappa shape index (κ1) is 13.5. The average Bonchev–Trinajstić information content (AvgIpc) is 3.10. The zero-order chi connectivity index (χ0) is 14.2. The smallest absolute Gasteiger partial charge is 0.249 e. The van der Waals surface area contributed by atoms with Crippen molar-refractivity contribution in [3.05, 3.63) is 24.7 Å². The van der Waals surface area contributed by atoms with Gasteiger partial charge < -0.3 is 4.90 Å². The highest BCUT2D eigenvalue weighted by Gasteiger charge is 2.24. The summed E-state index contributed by atoms with van der Waals surface area (Å²) in [5, 5.41) is 10.1. The Bertz CT molecular complexity index is 679. The summed E-state index contributed by atoms with van der Waals surface area (Å²) in [7, 11) is -3.67. The van der Waals surface area contributed by atoms with E-state index in [1.165, 1.54) is 6.20 Å². The molecule has 3 rings (SSSR count). The van der Waals surface area contributed by atoms with Gasteiger partial charge in [0, 0.05) is 25.5 Å². The van der Waals surface area contributed by atoms with Gasteiger partial charge in [-0.1, -0.05) is 11.3 Å². The van der Waals surface area contributed by atoms with Gasteiger partial charge >= 0.3 is 0 Å². The monoisotopic (exact) mass is 313 g/mol. The van der Waals surface area contributed by atoms with E-state index in [9.17, 15) is 8.42 Å². The molecule has 0 aromatic carbocycles. The minimum atomic E-state index is -3.67. The molecular weight excluding hydrogens is 298 g/mol. The molecule has 1 fully saturated rings. The highest BCUT2D eigenvalue weighted by atomic mass is 32.2. The Morgan fingerprint density at radius 3 is 2.95 bits per heavy atom. The van der Waals surface area contributed by atoms with Gasteiger partial charge in [0.1, 0.15) is 0 Å². The van der Waals surface area contributed by atoms with Crippen LogP contribution in [0.3, 0.4) is 0 Å². The molecule has 0 radical (unpaired) electrons. The lowest BCUT2D eigenvalue weighted by atomic mass is 10.1. The number of aromatic nitrogens is 3. The van der Waals surface area contributed by atoms with Gasteiger partial charge in [0.25, 0.3) is 0 Å². The number of piperidine rings is 1. The largest absolute Gasteiger partial charge is 0.346 e. The van der Waals surface area contributed by atoms with Crippen LogP contribution in [-0.2, 0) is 10.0 Å². The van der Waals surface area contributed by atoms with Crippen LogP contribution in [0.2, 0.25) is 0 Å². The van der Waals surface area contributed by atoms with E-state index in [0.717, 1.165) is 37.3 Å². The molecule has 0 amide bonds. The van der Waals surface area contributed by atoms with Crippen molar-refractivity contribution in [3.63, 3.8) is 0 Å². The molecule has 1 saturated heterocycles. The summed E-state index contributed by atoms with van der Waals surface area (Å²) in [6, 6.07) is 2.20. The van der Waals surface area contributed by atoms with Gasteiger partial charge in [0.05, 0.1) is 12.2 Å². The molecule has 20 heavy (non-hydrogen) atoms. The van der Waals surface area contributed by atoms with Crippen LogP contribution in [0.4, 0.5) is 5.13 Å². The fourth-order valence-electron chi connectivity index (χ4n) is 2.37. The molecule has 9 heteroatoms. The zero-order valence-corrected chi connectivity index (χ0v) is 12.3. The van der Waals surface area contributed by atoms with Gasteiger partial charge in [0.2, 0.25) is 10.0 Å². The molecule has 0 bridgehead atoms. The van der Waals surface area contributed by atoms with E-state index in [1.807, 2.05) is 16.9 Å². The fraction of sp³-hybridized carbons (Fsp3) is 0.455. The SMILES string of the molecule is NS(=O)(=O)c1cnc(N2CCCC(n3cccn3)C2)s1. The number of nitrogens with two attached hydrogens (primary N) is 1. The summed E-state index contributed by atoms with van der Waals surface area (Å²) in [6.45, 7) is 1.65. The molecule has 3 heterocycles. The van der Waals surface area contributed by atoms with Crippen LogP contribution in [-0.4, -0.2) is 36.3 Å². The Balaban J connectivity index is 1.79. The molecule has 108 valence electrons. The number of hydrogen-bond acceptors (Lipinski definition) is 6. The average molecular weight is 313 g/mol. The summed E-state index contributed by atoms with van der Waals surface area (Å²) in [6.07, 6.45) is 7.13. The van der Waals surface area contributed by atoms with Crippen molar-refractivity contribution in [2.75, 3.05) is 18.0 Å². The van der Waals surface area contributed by atoms with E-state index < -0.39 is 10.0 Å². The second-order valence-electron chi connectivity index (χ2n) is 4.74. The maximum Gasteiger partial charge on any atom is 0.249 e. The zero-order valence-electron chi connectivity index (χ0n) is 10.7. The summed E-state index contributed by atoms with van der Waals surface area (Å²) in [4.78, 5) is 6.27. The predicted octanol–water partition coefficient (Wildman–Crippen LogP) is 0.828. The summed E-state index contributed by atoms with van der Waals surface area (Å²) in [5.41, 5.74) is 0. The normalized spacial score (nSPS) is 20.2. The Morgan fingerprint density at radius 2 is 2.30 bits per heavy atom. The van der Waals surface area contributed by atoms with Crippen molar-refractivity contribution < 1.29 is 8.42 Å². The molecule has 2 N–H and O–H groups in total. The maximum absolute atomic E-state index is 11.3. The van der Waals surface area contributed by atoms with E-state index in [-0.39, 0.29) is 4.21 Å². The first-order chi connectivity index (χ1) is 9.54. The van der Waals surface area contributed by atoms with Gasteiger partial charge in [-0.2, -0.15) is 5.10 Å². The van der Waals surface area contributed by atoms with Crippen LogP contribution in [0, 0.1) is 0 Å². The van der Waals surface area contributed by atoms with Crippen molar-refractivity contribution in [2.24, 2.45) is 5.14 Å². The standard InChI is InChI=1S/C11H15N5O2S2/c12-20(17,18)10-7-13-11(19-10)15-5-1-3-9(8-15)16-6-2-4-14-16/h2,4,6-7,9H,1,3,5,8H2,(H2,12,17,18). The third-order valence-electron chi connectivity index (χ3n) is 3.32. The van der Waals surface area contributed by atoms with Crippen molar-refractivity contribution in [1.82, 2.24) is 14.8 Å². The van der Waals surface area contributed by atoms with Crippen molar-refractivity contribution in [2.45, 2.75) is 23.1 Å². The van der Waals surface area contributed by atoms with Gasteiger partial charge in [0.15, 0.2) is 9.34 Å². The molecule has 1 aliphatic heterocycles. The van der Waals surface area contributed by atoms with Crippen LogP contribution >= 0.6 is 11.3 Å². The Kier molecular flexibility index (Phi) is 3.48. The quantitative estimate of drug-likeness (QED) is 0.905. The number of primary sulfonamides is 1. The minimum absolute atomic E-state index is 0.105. The lowest BCUT2D eigenvalue weighted by molar-refractivity contribution is 0.376. The van der Waals surface area contributed by atoms with Crippen molar-refractivity contribution in [3.8, 4) is 0 Å². The lowest BCUT2D eigenvalue weighted by Crippen LogP contribution is -2.36. The number of nitrogens with zero attached hydrogens (tertiary/aromatic N) is 4. The molecular formula is C11H15N5O2S2. The van der Waals surface area contributed by atoms with Crippen LogP contribution < -0.4 is 10.0 Å². The van der Waals surface area contributed by atoms with Gasteiger partial charge in [-0.05, 0) is 18.9 Å². The molecule has 0 saturated carbocycles. The number of hydrogen-bond donors (Lipinski definition) is 1. The summed E-state index contributed by atoms with van der Waals surface area (Å²) >= 11 is 1.12. The van der Waals surface area contributed by atoms with E-state index in [2.05, 4.69) is 15.0 Å². The van der Waals surface area contributed by atoms with Crippen LogP contribution in [0.5, 0.6) is 0 Å². The molecule has 0 aliphatic carbocycles. The number of sulfonamides is 1. The maximum atomic E-state index is 11.3. The van der Waals surface area contributed by atoms with Crippen LogP contribution in [0.25, 0.3) is 0 Å². The second kappa shape index (κ2) is 5.15. The highest BCUT2D eigenvalue weighted by molar-refractivity contribution is 7.91. The lowest BCUT2D eigenvalue weighted by Gasteiger charge is -2.32. The van der Waals surface area contributed by atoms with E-state index >= 15 is 0 Å². The first-order valence-corrected chi connectivity index (χ1v) is 8.63. The van der Waals surface area contributed by atoms with Crippen LogP contribution in [0.1, 0.15) is 18.9 Å². The Hall–Kier alpha value is -1.45. The predicted molar refractivity (Wildman–Crippen MR) is 76.2 cm³/mol.